The first kappa shape index (κ1) is 12.5. The molecule has 0 heterocycles. The van der Waals surface area contributed by atoms with E-state index in [1.165, 1.54) is 12.1 Å². The van der Waals surface area contributed by atoms with Crippen molar-refractivity contribution in [2.24, 2.45) is 0 Å². The van der Waals surface area contributed by atoms with Crippen LogP contribution in [0.15, 0.2) is 36.9 Å². The van der Waals surface area contributed by atoms with Crippen LogP contribution in [0, 0.1) is 0 Å². The molecule has 0 aromatic heterocycles. The number of nitrogens with one attached hydrogen (secondary N) is 1. The molecule has 0 radical (unpaired) electrons. The lowest BCUT2D eigenvalue weighted by atomic mass is 10.2. The highest BCUT2D eigenvalue weighted by molar-refractivity contribution is 5.46. The van der Waals surface area contributed by atoms with Crippen molar-refractivity contribution in [2.45, 2.75) is 19.5 Å². The quantitative estimate of drug-likeness (QED) is 0.567. The van der Waals surface area contributed by atoms with Crippen molar-refractivity contribution < 1.29 is 13.5 Å². The van der Waals surface area contributed by atoms with E-state index in [-0.39, 0.29) is 5.75 Å². The molecule has 2 nitrogen and oxygen atoms in total. The summed E-state index contributed by atoms with van der Waals surface area (Å²) in [6.07, 6.45) is 3.82. The van der Waals surface area contributed by atoms with Crippen molar-refractivity contribution in [1.82, 2.24) is 0 Å². The van der Waals surface area contributed by atoms with Crippen LogP contribution in [0.4, 0.5) is 14.5 Å². The maximum atomic E-state index is 11.9. The third kappa shape index (κ3) is 4.77. The summed E-state index contributed by atoms with van der Waals surface area (Å²) >= 11 is 0. The van der Waals surface area contributed by atoms with Crippen LogP contribution >= 0.6 is 0 Å². The minimum atomic E-state index is -2.77. The SMILES string of the molecule is C=CCCCNc1ccc(OC(F)F)cc1. The van der Waals surface area contributed by atoms with Crippen LogP contribution in [0.5, 0.6) is 5.75 Å². The van der Waals surface area contributed by atoms with Gasteiger partial charge >= 0.3 is 6.61 Å². The molecule has 1 N–H and O–H groups in total. The standard InChI is InChI=1S/C12H15F2NO/c1-2-3-4-9-15-10-5-7-11(8-6-10)16-12(13)14/h2,5-8,12,15H,1,3-4,9H2. The first-order valence-electron chi connectivity index (χ1n) is 5.12. The predicted molar refractivity (Wildman–Crippen MR) is 61.0 cm³/mol. The van der Waals surface area contributed by atoms with E-state index in [0.717, 1.165) is 25.1 Å². The molecule has 0 aliphatic heterocycles. The van der Waals surface area contributed by atoms with Crippen LogP contribution in [0.1, 0.15) is 12.8 Å². The highest BCUT2D eigenvalue weighted by Gasteiger charge is 2.03. The molecule has 0 unspecified atom stereocenters. The van der Waals surface area contributed by atoms with Gasteiger partial charge < -0.3 is 10.1 Å². The van der Waals surface area contributed by atoms with E-state index < -0.39 is 6.61 Å². The summed E-state index contributed by atoms with van der Waals surface area (Å²) in [6.45, 7) is 1.69. The molecule has 1 aromatic rings. The number of ether oxygens (including phenoxy) is 1. The Hall–Kier alpha value is -1.58. The maximum absolute atomic E-state index is 11.9. The van der Waals surface area contributed by atoms with Gasteiger partial charge in [-0.05, 0) is 37.1 Å². The Morgan fingerprint density at radius 2 is 2.00 bits per heavy atom. The summed E-state index contributed by atoms with van der Waals surface area (Å²) < 4.78 is 28.0. The highest BCUT2D eigenvalue weighted by Crippen LogP contribution is 2.17. The van der Waals surface area contributed by atoms with E-state index in [9.17, 15) is 8.78 Å². The fourth-order valence-corrected chi connectivity index (χ4v) is 1.23. The maximum Gasteiger partial charge on any atom is 0.387 e. The molecule has 0 saturated heterocycles. The third-order valence-electron chi connectivity index (χ3n) is 1.99. The number of alkyl halides is 2. The Kier molecular flexibility index (Phi) is 5.32. The lowest BCUT2D eigenvalue weighted by Crippen LogP contribution is -2.03. The lowest BCUT2D eigenvalue weighted by Gasteiger charge is -2.07. The van der Waals surface area contributed by atoms with Crippen molar-refractivity contribution in [2.75, 3.05) is 11.9 Å². The topological polar surface area (TPSA) is 21.3 Å². The molecule has 0 aliphatic rings. The fourth-order valence-electron chi connectivity index (χ4n) is 1.23. The second kappa shape index (κ2) is 6.82. The van der Waals surface area contributed by atoms with Crippen molar-refractivity contribution in [3.05, 3.63) is 36.9 Å². The summed E-state index contributed by atoms with van der Waals surface area (Å²) in [5.74, 6) is 0.173. The molecular formula is C12H15F2NO. The average Bonchev–Trinajstić information content (AvgIpc) is 2.26. The minimum Gasteiger partial charge on any atom is -0.435 e. The molecule has 1 rings (SSSR count). The van der Waals surface area contributed by atoms with Crippen LogP contribution in [0.3, 0.4) is 0 Å². The Morgan fingerprint density at radius 3 is 2.56 bits per heavy atom. The molecule has 0 saturated carbocycles. The van der Waals surface area contributed by atoms with Crippen molar-refractivity contribution >= 4 is 5.69 Å². The van der Waals surface area contributed by atoms with Gasteiger partial charge in [-0.1, -0.05) is 6.08 Å². The molecule has 0 atom stereocenters. The van der Waals surface area contributed by atoms with E-state index in [0.29, 0.717) is 0 Å². The van der Waals surface area contributed by atoms with Crippen LogP contribution in [-0.2, 0) is 0 Å². The number of allylic oxidation sites excluding steroid dienone is 1. The second-order valence-electron chi connectivity index (χ2n) is 3.26. The zero-order valence-corrected chi connectivity index (χ0v) is 8.96. The largest absolute Gasteiger partial charge is 0.435 e. The van der Waals surface area contributed by atoms with Crippen LogP contribution in [-0.4, -0.2) is 13.2 Å². The summed E-state index contributed by atoms with van der Waals surface area (Å²) in [5, 5.41) is 3.17. The number of rotatable bonds is 7. The van der Waals surface area contributed by atoms with E-state index in [1.54, 1.807) is 12.1 Å². The highest BCUT2D eigenvalue weighted by atomic mass is 19.3. The Bertz CT molecular complexity index is 311. The third-order valence-corrected chi connectivity index (χ3v) is 1.99. The van der Waals surface area contributed by atoms with Crippen molar-refractivity contribution in [1.29, 1.82) is 0 Å². The zero-order valence-electron chi connectivity index (χ0n) is 8.96. The van der Waals surface area contributed by atoms with E-state index >= 15 is 0 Å². The molecule has 1 aromatic carbocycles. The lowest BCUT2D eigenvalue weighted by molar-refractivity contribution is -0.0498. The van der Waals surface area contributed by atoms with E-state index in [1.807, 2.05) is 6.08 Å². The Balaban J connectivity index is 2.36. The molecule has 0 aliphatic carbocycles. The Morgan fingerprint density at radius 1 is 1.31 bits per heavy atom. The molecule has 16 heavy (non-hydrogen) atoms. The normalized spacial score (nSPS) is 10.2. The van der Waals surface area contributed by atoms with Gasteiger partial charge in [0, 0.05) is 12.2 Å². The van der Waals surface area contributed by atoms with Crippen LogP contribution < -0.4 is 10.1 Å². The van der Waals surface area contributed by atoms with E-state index in [2.05, 4.69) is 16.6 Å². The first-order chi connectivity index (χ1) is 7.72. The van der Waals surface area contributed by atoms with Crippen molar-refractivity contribution in [3.63, 3.8) is 0 Å². The van der Waals surface area contributed by atoms with Crippen molar-refractivity contribution in [3.8, 4) is 5.75 Å². The molecular weight excluding hydrogens is 212 g/mol. The number of unbranched alkanes of at least 4 members (excludes halogenated alkanes) is 1. The summed E-state index contributed by atoms with van der Waals surface area (Å²) in [6, 6.07) is 6.46. The van der Waals surface area contributed by atoms with Gasteiger partial charge in [-0.15, -0.1) is 6.58 Å². The van der Waals surface area contributed by atoms with Gasteiger partial charge in [-0.3, -0.25) is 0 Å². The first-order valence-corrected chi connectivity index (χ1v) is 5.12. The number of benzene rings is 1. The van der Waals surface area contributed by atoms with Gasteiger partial charge in [0.25, 0.3) is 0 Å². The minimum absolute atomic E-state index is 0.173. The van der Waals surface area contributed by atoms with E-state index in [4.69, 9.17) is 0 Å². The van der Waals surface area contributed by atoms with Gasteiger partial charge in [-0.25, -0.2) is 0 Å². The molecule has 88 valence electrons. The summed E-state index contributed by atoms with van der Waals surface area (Å²) in [7, 11) is 0. The molecule has 0 fully saturated rings. The van der Waals surface area contributed by atoms with Gasteiger partial charge in [0.15, 0.2) is 0 Å². The van der Waals surface area contributed by atoms with Gasteiger partial charge in [0.1, 0.15) is 5.75 Å². The number of anilines is 1. The Labute approximate surface area is 93.9 Å². The number of hydrogen-bond donors (Lipinski definition) is 1. The molecule has 0 bridgehead atoms. The second-order valence-corrected chi connectivity index (χ2v) is 3.26. The average molecular weight is 227 g/mol. The fraction of sp³-hybridized carbons (Fsp3) is 0.333. The van der Waals surface area contributed by atoms with Gasteiger partial charge in [-0.2, -0.15) is 8.78 Å². The smallest absolute Gasteiger partial charge is 0.387 e. The number of hydrogen-bond acceptors (Lipinski definition) is 2. The van der Waals surface area contributed by atoms with Crippen LogP contribution in [0.2, 0.25) is 0 Å². The van der Waals surface area contributed by atoms with Gasteiger partial charge in [0.2, 0.25) is 0 Å². The molecule has 0 amide bonds. The number of halogens is 2. The summed E-state index contributed by atoms with van der Waals surface area (Å²) in [4.78, 5) is 0. The summed E-state index contributed by atoms with van der Waals surface area (Å²) in [5.41, 5.74) is 0.894. The van der Waals surface area contributed by atoms with Crippen LogP contribution in [0.25, 0.3) is 0 Å². The van der Waals surface area contributed by atoms with Gasteiger partial charge in [0.05, 0.1) is 0 Å². The monoisotopic (exact) mass is 227 g/mol. The molecule has 0 spiro atoms. The zero-order chi connectivity index (χ0) is 11.8. The predicted octanol–water partition coefficient (Wildman–Crippen LogP) is 3.67. The molecule has 4 heteroatoms.